The molecule has 0 amide bonds. The quantitative estimate of drug-likeness (QED) is 0.428. The predicted octanol–water partition coefficient (Wildman–Crippen LogP) is 3.82. The maximum Gasteiger partial charge on any atom is 0.193 e. The van der Waals surface area contributed by atoms with E-state index >= 15 is 0 Å². The second-order valence-corrected chi connectivity index (χ2v) is 5.82. The second kappa shape index (κ2) is 8.94. The molecule has 0 unspecified atom stereocenters. The fraction of sp³-hybridized carbons (Fsp3) is 0.333. The van der Waals surface area contributed by atoms with E-state index in [1.807, 2.05) is 24.3 Å². The first-order chi connectivity index (χ1) is 10.1. The second-order valence-electron chi connectivity index (χ2n) is 4.88. The molecule has 5 nitrogen and oxygen atoms in total. The molecule has 0 atom stereocenters. The lowest BCUT2D eigenvalue weighted by Crippen LogP contribution is -2.22. The average Bonchev–Trinajstić information content (AvgIpc) is 2.94. The number of methoxy groups -OCH3 is 1. The van der Waals surface area contributed by atoms with Crippen LogP contribution in [0.25, 0.3) is 0 Å². The van der Waals surface area contributed by atoms with Gasteiger partial charge in [0.1, 0.15) is 10.8 Å². The SMILES string of the molecule is COc1cccc(NC(N)=NCc2nc(C(C)C)cs2)c1.I. The lowest BCUT2D eigenvalue weighted by molar-refractivity contribution is 0.415. The smallest absolute Gasteiger partial charge is 0.193 e. The van der Waals surface area contributed by atoms with E-state index in [0.717, 1.165) is 22.1 Å². The number of ether oxygens (including phenoxy) is 1. The van der Waals surface area contributed by atoms with E-state index in [0.29, 0.717) is 18.4 Å². The van der Waals surface area contributed by atoms with Gasteiger partial charge in [-0.1, -0.05) is 19.9 Å². The molecular formula is C15H21IN4OS. The number of hydrogen-bond donors (Lipinski definition) is 2. The summed E-state index contributed by atoms with van der Waals surface area (Å²) in [4.78, 5) is 8.83. The highest BCUT2D eigenvalue weighted by molar-refractivity contribution is 14.0. The van der Waals surface area contributed by atoms with Gasteiger partial charge in [0.05, 0.1) is 19.3 Å². The third kappa shape index (κ3) is 5.45. The van der Waals surface area contributed by atoms with E-state index in [2.05, 4.69) is 34.5 Å². The maximum atomic E-state index is 5.89. The lowest BCUT2D eigenvalue weighted by atomic mass is 10.2. The Morgan fingerprint density at radius 2 is 2.23 bits per heavy atom. The molecule has 1 heterocycles. The number of nitrogens with zero attached hydrogens (tertiary/aromatic N) is 2. The number of halogens is 1. The van der Waals surface area contributed by atoms with Crippen molar-refractivity contribution in [1.29, 1.82) is 0 Å². The van der Waals surface area contributed by atoms with E-state index in [1.54, 1.807) is 18.4 Å². The van der Waals surface area contributed by atoms with Gasteiger partial charge in [0.15, 0.2) is 5.96 Å². The molecule has 0 saturated heterocycles. The maximum absolute atomic E-state index is 5.89. The van der Waals surface area contributed by atoms with E-state index in [-0.39, 0.29) is 24.0 Å². The van der Waals surface area contributed by atoms with Gasteiger partial charge in [-0.15, -0.1) is 35.3 Å². The number of aliphatic imine (C=N–C) groups is 1. The molecule has 1 aromatic carbocycles. The molecule has 0 spiro atoms. The van der Waals surface area contributed by atoms with Crippen LogP contribution in [0.1, 0.15) is 30.5 Å². The van der Waals surface area contributed by atoms with Crippen LogP contribution in [0.15, 0.2) is 34.6 Å². The molecule has 0 saturated carbocycles. The molecule has 0 radical (unpaired) electrons. The minimum atomic E-state index is 0. The van der Waals surface area contributed by atoms with Gasteiger partial charge >= 0.3 is 0 Å². The third-order valence-electron chi connectivity index (χ3n) is 2.89. The van der Waals surface area contributed by atoms with Crippen LogP contribution in [0.4, 0.5) is 5.69 Å². The number of hydrogen-bond acceptors (Lipinski definition) is 4. The number of guanidine groups is 1. The Kier molecular flexibility index (Phi) is 7.60. The van der Waals surface area contributed by atoms with Crippen molar-refractivity contribution >= 4 is 47.0 Å². The molecule has 120 valence electrons. The van der Waals surface area contributed by atoms with Crippen molar-refractivity contribution in [3.8, 4) is 5.75 Å². The summed E-state index contributed by atoms with van der Waals surface area (Å²) in [6, 6.07) is 7.54. The normalized spacial score (nSPS) is 11.2. The van der Waals surface area contributed by atoms with E-state index in [1.165, 1.54) is 0 Å². The highest BCUT2D eigenvalue weighted by Crippen LogP contribution is 2.19. The fourth-order valence-corrected chi connectivity index (χ4v) is 2.58. The first-order valence-electron chi connectivity index (χ1n) is 6.73. The molecule has 1 aromatic heterocycles. The van der Waals surface area contributed by atoms with Crippen LogP contribution in [0.3, 0.4) is 0 Å². The fourth-order valence-electron chi connectivity index (χ4n) is 1.70. The Hall–Kier alpha value is -1.35. The number of rotatable bonds is 5. The summed E-state index contributed by atoms with van der Waals surface area (Å²) in [5.41, 5.74) is 7.83. The molecule has 3 N–H and O–H groups in total. The highest BCUT2D eigenvalue weighted by Gasteiger charge is 2.05. The molecule has 0 aliphatic rings. The highest BCUT2D eigenvalue weighted by atomic mass is 127. The van der Waals surface area contributed by atoms with Crippen molar-refractivity contribution in [3.05, 3.63) is 40.3 Å². The van der Waals surface area contributed by atoms with Crippen LogP contribution in [-0.4, -0.2) is 18.1 Å². The van der Waals surface area contributed by atoms with Crippen molar-refractivity contribution in [1.82, 2.24) is 4.98 Å². The van der Waals surface area contributed by atoms with Gasteiger partial charge in [0.2, 0.25) is 0 Å². The molecule has 0 bridgehead atoms. The number of nitrogens with two attached hydrogens (primary N) is 1. The molecule has 7 heteroatoms. The largest absolute Gasteiger partial charge is 0.497 e. The van der Waals surface area contributed by atoms with E-state index in [4.69, 9.17) is 10.5 Å². The lowest BCUT2D eigenvalue weighted by Gasteiger charge is -2.06. The van der Waals surface area contributed by atoms with Crippen molar-refractivity contribution in [2.24, 2.45) is 10.7 Å². The summed E-state index contributed by atoms with van der Waals surface area (Å²) in [6.07, 6.45) is 0. The summed E-state index contributed by atoms with van der Waals surface area (Å²) in [6.45, 7) is 4.74. The molecule has 0 fully saturated rings. The standard InChI is InChI=1S/C15H20N4OS.HI/c1-10(2)13-9-21-14(19-13)8-17-15(16)18-11-5-4-6-12(7-11)20-3;/h4-7,9-10H,8H2,1-3H3,(H3,16,17,18);1H. The Morgan fingerprint density at radius 3 is 2.86 bits per heavy atom. The van der Waals surface area contributed by atoms with Crippen LogP contribution in [0.2, 0.25) is 0 Å². The van der Waals surface area contributed by atoms with Gasteiger partial charge in [0, 0.05) is 17.1 Å². The van der Waals surface area contributed by atoms with Gasteiger partial charge in [-0.25, -0.2) is 9.98 Å². The number of benzene rings is 1. The summed E-state index contributed by atoms with van der Waals surface area (Å²) in [5.74, 6) is 1.57. The van der Waals surface area contributed by atoms with Gasteiger partial charge in [-0.05, 0) is 18.1 Å². The molecule has 0 aliphatic carbocycles. The van der Waals surface area contributed by atoms with Crippen LogP contribution in [-0.2, 0) is 6.54 Å². The number of aromatic nitrogens is 1. The molecule has 0 aliphatic heterocycles. The predicted molar refractivity (Wildman–Crippen MR) is 104 cm³/mol. The number of anilines is 1. The van der Waals surface area contributed by atoms with Gasteiger partial charge < -0.3 is 15.8 Å². The number of nitrogens with one attached hydrogen (secondary N) is 1. The molecule has 22 heavy (non-hydrogen) atoms. The van der Waals surface area contributed by atoms with E-state index < -0.39 is 0 Å². The topological polar surface area (TPSA) is 72.5 Å². The van der Waals surface area contributed by atoms with Crippen molar-refractivity contribution in [2.75, 3.05) is 12.4 Å². The Labute approximate surface area is 152 Å². The van der Waals surface area contributed by atoms with Crippen molar-refractivity contribution in [2.45, 2.75) is 26.3 Å². The molecule has 2 aromatic rings. The van der Waals surface area contributed by atoms with Crippen molar-refractivity contribution < 1.29 is 4.74 Å². The average molecular weight is 432 g/mol. The van der Waals surface area contributed by atoms with Gasteiger partial charge in [-0.2, -0.15) is 0 Å². The Bertz CT molecular complexity index is 628. The zero-order valence-electron chi connectivity index (χ0n) is 12.9. The summed E-state index contributed by atoms with van der Waals surface area (Å²) in [5, 5.41) is 6.08. The summed E-state index contributed by atoms with van der Waals surface area (Å²) in [7, 11) is 1.63. The first kappa shape index (κ1) is 18.7. The van der Waals surface area contributed by atoms with Crippen molar-refractivity contribution in [3.63, 3.8) is 0 Å². The van der Waals surface area contributed by atoms with Gasteiger partial charge in [-0.3, -0.25) is 0 Å². The summed E-state index contributed by atoms with van der Waals surface area (Å²) >= 11 is 1.61. The molecule has 2 rings (SSSR count). The van der Waals surface area contributed by atoms with Crippen LogP contribution < -0.4 is 15.8 Å². The van der Waals surface area contributed by atoms with E-state index in [9.17, 15) is 0 Å². The van der Waals surface area contributed by atoms with Crippen LogP contribution >= 0.6 is 35.3 Å². The first-order valence-corrected chi connectivity index (χ1v) is 7.61. The Balaban J connectivity index is 0.00000242. The van der Waals surface area contributed by atoms with Crippen LogP contribution in [0.5, 0.6) is 5.75 Å². The minimum Gasteiger partial charge on any atom is -0.497 e. The van der Waals surface area contributed by atoms with Crippen LogP contribution in [0, 0.1) is 0 Å². The zero-order valence-corrected chi connectivity index (χ0v) is 16.0. The van der Waals surface area contributed by atoms with Gasteiger partial charge in [0.25, 0.3) is 0 Å². The summed E-state index contributed by atoms with van der Waals surface area (Å²) < 4.78 is 5.16. The third-order valence-corrected chi connectivity index (χ3v) is 3.74. The number of thiazole rings is 1. The zero-order chi connectivity index (χ0) is 15.2. The monoisotopic (exact) mass is 432 g/mol. The molecular weight excluding hydrogens is 411 g/mol. The minimum absolute atomic E-state index is 0. The Morgan fingerprint density at radius 1 is 1.45 bits per heavy atom.